The molecule has 0 saturated carbocycles. The fraction of sp³-hybridized carbons (Fsp3) is 0.880. The summed E-state index contributed by atoms with van der Waals surface area (Å²) < 4.78 is 4.45. The molecule has 0 heterocycles. The summed E-state index contributed by atoms with van der Waals surface area (Å²) in [5.41, 5.74) is 0. The number of allylic oxidation sites excluding steroid dienone is 1. The number of esters is 1. The molecule has 3 heteroatoms. The van der Waals surface area contributed by atoms with Crippen LogP contribution in [0, 0.1) is 0 Å². The van der Waals surface area contributed by atoms with Crippen LogP contribution in [-0.4, -0.2) is 18.2 Å². The lowest BCUT2D eigenvalue weighted by molar-refractivity contribution is -0.139. The number of hydrogen-bond donors (Lipinski definition) is 1. The summed E-state index contributed by atoms with van der Waals surface area (Å²) in [5, 5.41) is 9.36. The number of unbranched alkanes of at least 4 members (excludes halogenated alkanes) is 19. The van der Waals surface area contributed by atoms with Crippen molar-refractivity contribution in [3.05, 3.63) is 11.8 Å². The molecule has 0 unspecified atom stereocenters. The van der Waals surface area contributed by atoms with Crippen molar-refractivity contribution >= 4 is 5.97 Å². The number of carbonyl (C=O) groups excluding carboxylic acids is 1. The maximum Gasteiger partial charge on any atom is 0.372 e. The van der Waals surface area contributed by atoms with Crippen LogP contribution in [0.2, 0.25) is 0 Å². The van der Waals surface area contributed by atoms with Crippen molar-refractivity contribution in [3.63, 3.8) is 0 Å². The molecule has 0 aromatic heterocycles. The van der Waals surface area contributed by atoms with Gasteiger partial charge in [-0.25, -0.2) is 4.79 Å². The third kappa shape index (κ3) is 19.8. The van der Waals surface area contributed by atoms with E-state index >= 15 is 0 Å². The Morgan fingerprint density at radius 3 is 1.29 bits per heavy atom. The first kappa shape index (κ1) is 27.0. The third-order valence-electron chi connectivity index (χ3n) is 5.54. The van der Waals surface area contributed by atoms with Crippen LogP contribution < -0.4 is 0 Å². The lowest BCUT2D eigenvalue weighted by Gasteiger charge is -2.04. The average molecular weight is 397 g/mol. The van der Waals surface area contributed by atoms with Crippen molar-refractivity contribution in [2.75, 3.05) is 7.11 Å². The highest BCUT2D eigenvalue weighted by Crippen LogP contribution is 2.15. The van der Waals surface area contributed by atoms with E-state index < -0.39 is 5.97 Å². The predicted molar refractivity (Wildman–Crippen MR) is 121 cm³/mol. The van der Waals surface area contributed by atoms with Crippen molar-refractivity contribution in [2.24, 2.45) is 0 Å². The summed E-state index contributed by atoms with van der Waals surface area (Å²) in [5.74, 6) is -0.900. The molecule has 166 valence electrons. The van der Waals surface area contributed by atoms with Crippen LogP contribution in [0.15, 0.2) is 11.8 Å². The highest BCUT2D eigenvalue weighted by molar-refractivity contribution is 5.85. The van der Waals surface area contributed by atoms with E-state index in [2.05, 4.69) is 11.7 Å². The van der Waals surface area contributed by atoms with Crippen molar-refractivity contribution in [2.45, 2.75) is 135 Å². The van der Waals surface area contributed by atoms with E-state index in [9.17, 15) is 9.90 Å². The molecule has 0 radical (unpaired) electrons. The SMILES string of the molecule is CCCCCCCCCCCCCCCCCCCCCC=C(O)C(=O)OC. The number of ether oxygens (including phenoxy) is 1. The molecular weight excluding hydrogens is 348 g/mol. The molecule has 0 aromatic rings. The maximum atomic E-state index is 11.0. The lowest BCUT2D eigenvalue weighted by Crippen LogP contribution is -2.03. The molecule has 1 N–H and O–H groups in total. The van der Waals surface area contributed by atoms with Crippen LogP contribution in [0.4, 0.5) is 0 Å². The molecule has 0 aliphatic carbocycles. The van der Waals surface area contributed by atoms with Crippen molar-refractivity contribution in [1.29, 1.82) is 0 Å². The third-order valence-corrected chi connectivity index (χ3v) is 5.54. The summed E-state index contributed by atoms with van der Waals surface area (Å²) in [6, 6.07) is 0. The molecule has 0 amide bonds. The zero-order valence-corrected chi connectivity index (χ0v) is 19.0. The molecule has 0 aliphatic rings. The Bertz CT molecular complexity index is 363. The second kappa shape index (κ2) is 22.3. The van der Waals surface area contributed by atoms with Gasteiger partial charge in [0.15, 0.2) is 5.76 Å². The van der Waals surface area contributed by atoms with Crippen LogP contribution in [0.5, 0.6) is 0 Å². The van der Waals surface area contributed by atoms with Gasteiger partial charge in [0.25, 0.3) is 0 Å². The first-order valence-electron chi connectivity index (χ1n) is 12.2. The normalized spacial score (nSPS) is 11.7. The maximum absolute atomic E-state index is 11.0. The lowest BCUT2D eigenvalue weighted by atomic mass is 10.0. The molecule has 3 nitrogen and oxygen atoms in total. The monoisotopic (exact) mass is 396 g/mol. The topological polar surface area (TPSA) is 46.5 Å². The number of aliphatic hydroxyl groups excluding tert-OH is 1. The van der Waals surface area contributed by atoms with E-state index in [-0.39, 0.29) is 5.76 Å². The first-order valence-corrected chi connectivity index (χ1v) is 12.2. The van der Waals surface area contributed by atoms with Gasteiger partial charge in [-0.2, -0.15) is 0 Å². The Hall–Kier alpha value is -0.990. The minimum absolute atomic E-state index is 0.259. The van der Waals surface area contributed by atoms with Gasteiger partial charge >= 0.3 is 5.97 Å². The van der Waals surface area contributed by atoms with Gasteiger partial charge in [0.1, 0.15) is 0 Å². The average Bonchev–Trinajstić information content (AvgIpc) is 2.71. The number of hydrogen-bond acceptors (Lipinski definition) is 3. The minimum atomic E-state index is -0.641. The number of carbonyl (C=O) groups is 1. The van der Waals surface area contributed by atoms with Crippen LogP contribution in [-0.2, 0) is 9.53 Å². The van der Waals surface area contributed by atoms with Crippen molar-refractivity contribution in [1.82, 2.24) is 0 Å². The largest absolute Gasteiger partial charge is 0.502 e. The Kier molecular flexibility index (Phi) is 21.5. The Morgan fingerprint density at radius 2 is 0.964 bits per heavy atom. The van der Waals surface area contributed by atoms with Gasteiger partial charge in [-0.05, 0) is 18.9 Å². The Balaban J connectivity index is 3.13. The van der Waals surface area contributed by atoms with E-state index in [0.29, 0.717) is 0 Å². The van der Waals surface area contributed by atoms with Gasteiger partial charge in [-0.15, -0.1) is 0 Å². The molecule has 0 aromatic carbocycles. The molecular formula is C25H48O3. The molecule has 0 bridgehead atoms. The Morgan fingerprint density at radius 1 is 0.643 bits per heavy atom. The second-order valence-corrected chi connectivity index (χ2v) is 8.23. The van der Waals surface area contributed by atoms with E-state index in [1.807, 2.05) is 0 Å². The zero-order valence-electron chi connectivity index (χ0n) is 19.0. The summed E-state index contributed by atoms with van der Waals surface area (Å²) in [6.07, 6.45) is 28.4. The molecule has 0 fully saturated rings. The quantitative estimate of drug-likeness (QED) is 0.0916. The van der Waals surface area contributed by atoms with Gasteiger partial charge in [-0.1, -0.05) is 122 Å². The van der Waals surface area contributed by atoms with Crippen molar-refractivity contribution < 1.29 is 14.6 Å². The van der Waals surface area contributed by atoms with Gasteiger partial charge in [0.2, 0.25) is 0 Å². The summed E-state index contributed by atoms with van der Waals surface area (Å²) in [6.45, 7) is 2.28. The molecule has 0 saturated heterocycles. The standard InChI is InChI=1S/C25H48O3/c1-3-4-5-6-7-8-9-10-11-12-13-14-15-16-17-18-19-20-21-22-23-24(26)25(27)28-2/h23,26H,3-22H2,1-2H3. The van der Waals surface area contributed by atoms with Gasteiger partial charge < -0.3 is 9.84 Å². The number of aliphatic hydroxyl groups is 1. The van der Waals surface area contributed by atoms with Gasteiger partial charge in [-0.3, -0.25) is 0 Å². The molecule has 0 atom stereocenters. The highest BCUT2D eigenvalue weighted by Gasteiger charge is 2.04. The predicted octanol–water partition coefficient (Wildman–Crippen LogP) is 8.42. The van der Waals surface area contributed by atoms with Crippen molar-refractivity contribution in [3.8, 4) is 0 Å². The van der Waals surface area contributed by atoms with Gasteiger partial charge in [0.05, 0.1) is 7.11 Å². The number of methoxy groups -OCH3 is 1. The second-order valence-electron chi connectivity index (χ2n) is 8.23. The molecule has 0 rings (SSSR count). The fourth-order valence-corrected chi connectivity index (χ4v) is 3.65. The smallest absolute Gasteiger partial charge is 0.372 e. The first-order chi connectivity index (χ1) is 13.7. The minimum Gasteiger partial charge on any atom is -0.502 e. The Labute approximate surface area is 175 Å². The van der Waals surface area contributed by atoms with E-state index in [1.165, 1.54) is 123 Å². The zero-order chi connectivity index (χ0) is 20.7. The van der Waals surface area contributed by atoms with Crippen LogP contribution in [0.25, 0.3) is 0 Å². The van der Waals surface area contributed by atoms with E-state index in [0.717, 1.165) is 12.8 Å². The molecule has 0 spiro atoms. The van der Waals surface area contributed by atoms with Gasteiger partial charge in [0, 0.05) is 0 Å². The van der Waals surface area contributed by atoms with E-state index in [4.69, 9.17) is 0 Å². The van der Waals surface area contributed by atoms with Crippen LogP contribution in [0.3, 0.4) is 0 Å². The molecule has 0 aliphatic heterocycles. The van der Waals surface area contributed by atoms with Crippen LogP contribution >= 0.6 is 0 Å². The summed E-state index contributed by atoms with van der Waals surface area (Å²) in [7, 11) is 1.28. The van der Waals surface area contributed by atoms with Crippen LogP contribution in [0.1, 0.15) is 135 Å². The summed E-state index contributed by atoms with van der Waals surface area (Å²) in [4.78, 5) is 11.0. The highest BCUT2D eigenvalue weighted by atomic mass is 16.5. The number of rotatable bonds is 21. The summed E-state index contributed by atoms with van der Waals surface area (Å²) >= 11 is 0. The fourth-order valence-electron chi connectivity index (χ4n) is 3.65. The van der Waals surface area contributed by atoms with E-state index in [1.54, 1.807) is 6.08 Å². The molecule has 28 heavy (non-hydrogen) atoms.